The minimum atomic E-state index is -4.38. The third-order valence-corrected chi connectivity index (χ3v) is 5.57. The predicted octanol–water partition coefficient (Wildman–Crippen LogP) is 4.76. The molecular formula is C22H24F3N5. The summed E-state index contributed by atoms with van der Waals surface area (Å²) in [4.78, 5) is 15.8. The maximum Gasteiger partial charge on any atom is 0.416 e. The number of halogens is 3. The van der Waals surface area contributed by atoms with Crippen LogP contribution in [-0.4, -0.2) is 37.5 Å². The van der Waals surface area contributed by atoms with Crippen LogP contribution in [0.15, 0.2) is 49.1 Å². The predicted molar refractivity (Wildman–Crippen MR) is 108 cm³/mol. The van der Waals surface area contributed by atoms with Crippen molar-refractivity contribution in [3.05, 3.63) is 66.1 Å². The SMILES string of the molecule is CCn1ccnc1CN1CCC[C@H](c2cncc(-c3cccc(C(F)(F)F)c3)n2)C1. The Balaban J connectivity index is 1.52. The molecule has 30 heavy (non-hydrogen) atoms. The van der Waals surface area contributed by atoms with Gasteiger partial charge in [0.1, 0.15) is 5.82 Å². The Morgan fingerprint density at radius 1 is 1.20 bits per heavy atom. The first-order chi connectivity index (χ1) is 14.4. The second-order valence-electron chi connectivity index (χ2n) is 7.61. The summed E-state index contributed by atoms with van der Waals surface area (Å²) >= 11 is 0. The van der Waals surface area contributed by atoms with Crippen LogP contribution in [0, 0.1) is 0 Å². The van der Waals surface area contributed by atoms with Crippen LogP contribution in [0.1, 0.15) is 42.8 Å². The topological polar surface area (TPSA) is 46.8 Å². The van der Waals surface area contributed by atoms with Crippen molar-refractivity contribution in [2.24, 2.45) is 0 Å². The highest BCUT2D eigenvalue weighted by molar-refractivity contribution is 5.59. The van der Waals surface area contributed by atoms with Crippen LogP contribution < -0.4 is 0 Å². The van der Waals surface area contributed by atoms with E-state index in [2.05, 4.69) is 31.3 Å². The second-order valence-corrected chi connectivity index (χ2v) is 7.61. The highest BCUT2D eigenvalue weighted by atomic mass is 19.4. The molecule has 0 saturated carbocycles. The summed E-state index contributed by atoms with van der Waals surface area (Å²) in [5, 5.41) is 0. The molecule has 0 unspecified atom stereocenters. The molecule has 2 aromatic heterocycles. The van der Waals surface area contributed by atoms with Crippen LogP contribution in [0.25, 0.3) is 11.3 Å². The van der Waals surface area contributed by atoms with Crippen molar-refractivity contribution >= 4 is 0 Å². The number of imidazole rings is 1. The number of alkyl halides is 3. The summed E-state index contributed by atoms with van der Waals surface area (Å²) in [5.41, 5.74) is 1.05. The van der Waals surface area contributed by atoms with E-state index in [-0.39, 0.29) is 5.92 Å². The molecule has 0 bridgehead atoms. The quantitative estimate of drug-likeness (QED) is 0.603. The van der Waals surface area contributed by atoms with Crippen LogP contribution in [0.3, 0.4) is 0 Å². The lowest BCUT2D eigenvalue weighted by atomic mass is 9.94. The minimum Gasteiger partial charge on any atom is -0.334 e. The number of hydrogen-bond donors (Lipinski definition) is 0. The van der Waals surface area contributed by atoms with E-state index in [4.69, 9.17) is 0 Å². The van der Waals surface area contributed by atoms with Gasteiger partial charge in [-0.1, -0.05) is 12.1 Å². The number of aryl methyl sites for hydroxylation is 1. The van der Waals surface area contributed by atoms with E-state index in [1.54, 1.807) is 12.3 Å². The fourth-order valence-electron chi connectivity index (χ4n) is 3.99. The van der Waals surface area contributed by atoms with Gasteiger partial charge in [-0.05, 0) is 38.4 Å². The van der Waals surface area contributed by atoms with Crippen LogP contribution in [0.4, 0.5) is 13.2 Å². The van der Waals surface area contributed by atoms with E-state index in [1.165, 1.54) is 12.3 Å². The van der Waals surface area contributed by atoms with Crippen molar-refractivity contribution < 1.29 is 13.2 Å². The van der Waals surface area contributed by atoms with Crippen molar-refractivity contribution in [3.8, 4) is 11.3 Å². The Morgan fingerprint density at radius 2 is 2.07 bits per heavy atom. The molecule has 3 heterocycles. The summed E-state index contributed by atoms with van der Waals surface area (Å²) in [6.45, 7) is 5.58. The lowest BCUT2D eigenvalue weighted by Gasteiger charge is -2.32. The molecule has 1 aliphatic heterocycles. The average Bonchev–Trinajstić information content (AvgIpc) is 3.20. The van der Waals surface area contributed by atoms with Gasteiger partial charge < -0.3 is 4.57 Å². The largest absolute Gasteiger partial charge is 0.416 e. The Labute approximate surface area is 173 Å². The molecule has 4 rings (SSSR count). The summed E-state index contributed by atoms with van der Waals surface area (Å²) in [5.74, 6) is 1.24. The van der Waals surface area contributed by atoms with Crippen LogP contribution >= 0.6 is 0 Å². The van der Waals surface area contributed by atoms with Crippen LogP contribution in [0.5, 0.6) is 0 Å². The Hall–Kier alpha value is -2.74. The molecule has 3 aromatic rings. The van der Waals surface area contributed by atoms with Gasteiger partial charge in [-0.25, -0.2) is 9.97 Å². The van der Waals surface area contributed by atoms with E-state index in [9.17, 15) is 13.2 Å². The highest BCUT2D eigenvalue weighted by Crippen LogP contribution is 2.32. The number of piperidine rings is 1. The van der Waals surface area contributed by atoms with Gasteiger partial charge >= 0.3 is 6.18 Å². The molecule has 0 aliphatic carbocycles. The number of benzene rings is 1. The van der Waals surface area contributed by atoms with Gasteiger partial charge in [0, 0.05) is 43.2 Å². The third-order valence-electron chi connectivity index (χ3n) is 5.57. The van der Waals surface area contributed by atoms with E-state index >= 15 is 0 Å². The van der Waals surface area contributed by atoms with Crippen molar-refractivity contribution in [2.45, 2.75) is 44.9 Å². The van der Waals surface area contributed by atoms with Gasteiger partial charge in [-0.3, -0.25) is 9.88 Å². The number of nitrogens with zero attached hydrogens (tertiary/aromatic N) is 5. The molecule has 1 saturated heterocycles. The standard InChI is InChI=1S/C22H24F3N5/c1-2-30-10-8-27-21(30)15-29-9-4-6-17(14-29)20-13-26-12-19(28-20)16-5-3-7-18(11-16)22(23,24)25/h3,5,7-8,10-13,17H,2,4,6,9,14-15H2,1H3/t17-/m0/s1. The summed E-state index contributed by atoms with van der Waals surface area (Å²) in [7, 11) is 0. The molecule has 0 spiro atoms. The lowest BCUT2D eigenvalue weighted by molar-refractivity contribution is -0.137. The molecule has 8 heteroatoms. The van der Waals surface area contributed by atoms with Crippen molar-refractivity contribution in [1.29, 1.82) is 0 Å². The van der Waals surface area contributed by atoms with E-state index in [0.717, 1.165) is 62.7 Å². The number of likely N-dealkylation sites (tertiary alicyclic amines) is 1. The normalized spacial score (nSPS) is 17.9. The summed E-state index contributed by atoms with van der Waals surface area (Å²) < 4.78 is 41.3. The highest BCUT2D eigenvalue weighted by Gasteiger charge is 2.30. The van der Waals surface area contributed by atoms with Gasteiger partial charge in [-0.2, -0.15) is 13.2 Å². The summed E-state index contributed by atoms with van der Waals surface area (Å²) in [6, 6.07) is 5.25. The van der Waals surface area contributed by atoms with Crippen LogP contribution in [0.2, 0.25) is 0 Å². The number of rotatable bonds is 5. The smallest absolute Gasteiger partial charge is 0.334 e. The van der Waals surface area contributed by atoms with Gasteiger partial charge in [-0.15, -0.1) is 0 Å². The maximum absolute atomic E-state index is 13.1. The Morgan fingerprint density at radius 3 is 2.87 bits per heavy atom. The minimum absolute atomic E-state index is 0.196. The molecule has 5 nitrogen and oxygen atoms in total. The zero-order valence-corrected chi connectivity index (χ0v) is 16.8. The van der Waals surface area contributed by atoms with E-state index in [0.29, 0.717) is 11.3 Å². The Kier molecular flexibility index (Phi) is 5.85. The first kappa shape index (κ1) is 20.5. The van der Waals surface area contributed by atoms with Gasteiger partial charge in [0.15, 0.2) is 0 Å². The fourth-order valence-corrected chi connectivity index (χ4v) is 3.99. The molecule has 0 amide bonds. The molecule has 0 N–H and O–H groups in total. The zero-order chi connectivity index (χ0) is 21.1. The monoisotopic (exact) mass is 415 g/mol. The lowest BCUT2D eigenvalue weighted by Crippen LogP contribution is -2.35. The third kappa shape index (κ3) is 4.53. The first-order valence-electron chi connectivity index (χ1n) is 10.2. The second kappa shape index (κ2) is 8.55. The van der Waals surface area contributed by atoms with E-state index < -0.39 is 11.7 Å². The number of hydrogen-bond acceptors (Lipinski definition) is 4. The van der Waals surface area contributed by atoms with E-state index in [1.807, 2.05) is 12.4 Å². The maximum atomic E-state index is 13.1. The molecule has 1 fully saturated rings. The summed E-state index contributed by atoms with van der Waals surface area (Å²) in [6.07, 6.45) is 4.71. The molecule has 0 radical (unpaired) electrons. The van der Waals surface area contributed by atoms with Crippen molar-refractivity contribution in [1.82, 2.24) is 24.4 Å². The molecular weight excluding hydrogens is 391 g/mol. The molecule has 1 aliphatic rings. The molecule has 158 valence electrons. The number of aromatic nitrogens is 4. The molecule has 1 atom stereocenters. The van der Waals surface area contributed by atoms with Gasteiger partial charge in [0.2, 0.25) is 0 Å². The van der Waals surface area contributed by atoms with Gasteiger partial charge in [0.25, 0.3) is 0 Å². The van der Waals surface area contributed by atoms with Gasteiger partial charge in [0.05, 0.1) is 29.7 Å². The fraction of sp³-hybridized carbons (Fsp3) is 0.409. The van der Waals surface area contributed by atoms with Crippen molar-refractivity contribution in [3.63, 3.8) is 0 Å². The first-order valence-corrected chi connectivity index (χ1v) is 10.2. The average molecular weight is 415 g/mol. The molecule has 1 aromatic carbocycles. The van der Waals surface area contributed by atoms with Crippen molar-refractivity contribution in [2.75, 3.05) is 13.1 Å². The zero-order valence-electron chi connectivity index (χ0n) is 16.8. The van der Waals surface area contributed by atoms with Crippen LogP contribution in [-0.2, 0) is 19.3 Å². The Bertz CT molecular complexity index is 998.